The van der Waals surface area contributed by atoms with Gasteiger partial charge in [0.25, 0.3) is 0 Å². The molecule has 0 aromatic heterocycles. The fraction of sp³-hybridized carbons (Fsp3) is 0.781. The number of unbranched alkanes of at least 4 members (excludes halogenated alkanes) is 29. The standard InChI is InChI=1S/C64H117N2O7P/c1-7-10-13-16-19-22-25-28-30-31-32-33-34-35-37-39-42-45-48-51-54-57-64(68)73-62(55-52-49-46-43-40-27-24-21-18-15-12-9-3)61(60-72-74(69,70)71-59-58-66(4,5)6)65-63(67)56-53-50-47-44-41-38-36-29-26-23-20-17-14-11-8-2/h10,13,19,22,28,30,32-33,35,37,52,55,61-62H,7-9,11-12,14-18,20-21,23-27,29,31,34,36,38-51,53-54,56-60H2,1-6H3,(H-,65,67,69,70)/p+1/b13-10-,22-19-,30-28-,33-32-,37-35-,55-52+. The maximum atomic E-state index is 13.5. The van der Waals surface area contributed by atoms with Crippen LogP contribution in [0.25, 0.3) is 0 Å². The zero-order valence-electron chi connectivity index (χ0n) is 49.1. The van der Waals surface area contributed by atoms with Crippen LogP contribution in [0.2, 0.25) is 0 Å². The number of esters is 1. The van der Waals surface area contributed by atoms with E-state index in [9.17, 15) is 19.0 Å². The molecule has 0 bridgehead atoms. The molecule has 1 amide bonds. The number of phosphoric ester groups is 1. The van der Waals surface area contributed by atoms with Crippen molar-refractivity contribution in [3.63, 3.8) is 0 Å². The van der Waals surface area contributed by atoms with Crippen molar-refractivity contribution in [1.29, 1.82) is 0 Å². The molecular weight excluding hydrogens is 940 g/mol. The predicted octanol–water partition coefficient (Wildman–Crippen LogP) is 18.8. The maximum Gasteiger partial charge on any atom is 0.472 e. The number of carbonyl (C=O) groups is 2. The summed E-state index contributed by atoms with van der Waals surface area (Å²) in [7, 11) is 1.48. The van der Waals surface area contributed by atoms with Crippen LogP contribution in [0.3, 0.4) is 0 Å². The first-order valence-electron chi connectivity index (χ1n) is 30.8. The third kappa shape index (κ3) is 54.2. The molecule has 2 N–H and O–H groups in total. The second-order valence-corrected chi connectivity index (χ2v) is 23.3. The molecule has 9 nitrogen and oxygen atoms in total. The van der Waals surface area contributed by atoms with Crippen molar-refractivity contribution in [2.75, 3.05) is 40.9 Å². The molecule has 74 heavy (non-hydrogen) atoms. The number of phosphoric acid groups is 1. The summed E-state index contributed by atoms with van der Waals surface area (Å²) in [5, 5.41) is 3.05. The van der Waals surface area contributed by atoms with Crippen LogP contribution in [-0.4, -0.2) is 74.3 Å². The van der Waals surface area contributed by atoms with E-state index in [4.69, 9.17) is 13.8 Å². The molecule has 0 radical (unpaired) electrons. The van der Waals surface area contributed by atoms with Gasteiger partial charge in [-0.1, -0.05) is 255 Å². The number of hydrogen-bond acceptors (Lipinski definition) is 6. The lowest BCUT2D eigenvalue weighted by atomic mass is 10.0. The Hall–Kier alpha value is -2.55. The van der Waals surface area contributed by atoms with Gasteiger partial charge in [-0.05, 0) is 76.7 Å². The fourth-order valence-electron chi connectivity index (χ4n) is 8.67. The van der Waals surface area contributed by atoms with E-state index in [1.165, 1.54) is 128 Å². The highest BCUT2D eigenvalue weighted by molar-refractivity contribution is 7.47. The summed E-state index contributed by atoms with van der Waals surface area (Å²) in [6.07, 6.45) is 68.9. The van der Waals surface area contributed by atoms with Gasteiger partial charge >= 0.3 is 13.8 Å². The summed E-state index contributed by atoms with van der Waals surface area (Å²) in [6.45, 7) is 6.90. The number of likely N-dealkylation sites (N-methyl/N-ethyl adjacent to an activating group) is 1. The van der Waals surface area contributed by atoms with E-state index >= 15 is 0 Å². The molecule has 0 aliphatic rings. The number of ether oxygens (including phenoxy) is 1. The first-order valence-corrected chi connectivity index (χ1v) is 32.3. The number of nitrogens with one attached hydrogen (secondary N) is 1. The number of nitrogens with zero attached hydrogens (tertiary/aromatic N) is 1. The Kier molecular flexibility index (Phi) is 52.0. The molecule has 0 spiro atoms. The molecule has 3 unspecified atom stereocenters. The Labute approximate surface area is 457 Å². The molecule has 0 fully saturated rings. The second kappa shape index (κ2) is 53.8. The van der Waals surface area contributed by atoms with Gasteiger partial charge in [0.15, 0.2) is 0 Å². The van der Waals surface area contributed by atoms with Gasteiger partial charge in [0.2, 0.25) is 5.91 Å². The number of quaternary nitrogens is 1. The zero-order chi connectivity index (χ0) is 54.3. The van der Waals surface area contributed by atoms with E-state index in [-0.39, 0.29) is 31.5 Å². The molecule has 0 aliphatic heterocycles. The van der Waals surface area contributed by atoms with Crippen molar-refractivity contribution in [2.24, 2.45) is 0 Å². The van der Waals surface area contributed by atoms with Crippen molar-refractivity contribution in [2.45, 2.75) is 283 Å². The second-order valence-electron chi connectivity index (χ2n) is 21.9. The molecular formula is C64H118N2O7P+. The molecule has 0 rings (SSSR count). The highest BCUT2D eigenvalue weighted by Crippen LogP contribution is 2.43. The van der Waals surface area contributed by atoms with Crippen molar-refractivity contribution in [1.82, 2.24) is 5.32 Å². The van der Waals surface area contributed by atoms with Crippen molar-refractivity contribution < 1.29 is 37.3 Å². The van der Waals surface area contributed by atoms with Crippen LogP contribution in [-0.2, 0) is 27.9 Å². The molecule has 10 heteroatoms. The summed E-state index contributed by atoms with van der Waals surface area (Å²) in [5.41, 5.74) is 0. The van der Waals surface area contributed by atoms with Gasteiger partial charge in [-0.3, -0.25) is 18.6 Å². The number of carbonyl (C=O) groups excluding carboxylic acids is 2. The fourth-order valence-corrected chi connectivity index (χ4v) is 9.41. The Morgan fingerprint density at radius 1 is 0.486 bits per heavy atom. The van der Waals surface area contributed by atoms with Crippen LogP contribution in [0.15, 0.2) is 72.9 Å². The lowest BCUT2D eigenvalue weighted by Gasteiger charge is -2.27. The first kappa shape index (κ1) is 71.5. The normalized spacial score (nSPS) is 14.2. The molecule has 0 saturated heterocycles. The predicted molar refractivity (Wildman–Crippen MR) is 318 cm³/mol. The van der Waals surface area contributed by atoms with E-state index in [0.29, 0.717) is 23.9 Å². The topological polar surface area (TPSA) is 111 Å². The van der Waals surface area contributed by atoms with Crippen LogP contribution < -0.4 is 5.32 Å². The van der Waals surface area contributed by atoms with Crippen LogP contribution in [0, 0.1) is 0 Å². The highest BCUT2D eigenvalue weighted by atomic mass is 31.2. The quantitative estimate of drug-likeness (QED) is 0.0205. The third-order valence-corrected chi connectivity index (χ3v) is 14.4. The average molecular weight is 1060 g/mol. The first-order chi connectivity index (χ1) is 35.9. The molecule has 0 aromatic rings. The largest absolute Gasteiger partial charge is 0.472 e. The lowest BCUT2D eigenvalue weighted by Crippen LogP contribution is -2.47. The van der Waals surface area contributed by atoms with Crippen molar-refractivity contribution in [3.05, 3.63) is 72.9 Å². The molecule has 0 aliphatic carbocycles. The minimum Gasteiger partial charge on any atom is -0.456 e. The van der Waals surface area contributed by atoms with Crippen LogP contribution in [0.1, 0.15) is 271 Å². The van der Waals surface area contributed by atoms with E-state index in [2.05, 4.69) is 86.8 Å². The average Bonchev–Trinajstić information content (AvgIpc) is 3.36. The Morgan fingerprint density at radius 2 is 0.865 bits per heavy atom. The van der Waals surface area contributed by atoms with Crippen LogP contribution >= 0.6 is 7.82 Å². The van der Waals surface area contributed by atoms with Gasteiger partial charge in [0.1, 0.15) is 19.3 Å². The van der Waals surface area contributed by atoms with Crippen LogP contribution in [0.4, 0.5) is 0 Å². The van der Waals surface area contributed by atoms with Crippen molar-refractivity contribution in [3.8, 4) is 0 Å². The van der Waals surface area contributed by atoms with Gasteiger partial charge < -0.3 is 19.4 Å². The minimum absolute atomic E-state index is 0.0358. The number of rotatable bonds is 55. The Balaban J connectivity index is 5.29. The number of allylic oxidation sites excluding steroid dienone is 11. The van der Waals surface area contributed by atoms with Gasteiger partial charge in [-0.25, -0.2) is 4.57 Å². The van der Waals surface area contributed by atoms with Crippen molar-refractivity contribution >= 4 is 19.7 Å². The summed E-state index contributed by atoms with van der Waals surface area (Å²) in [4.78, 5) is 37.7. The van der Waals surface area contributed by atoms with E-state index in [0.717, 1.165) is 103 Å². The smallest absolute Gasteiger partial charge is 0.456 e. The van der Waals surface area contributed by atoms with Gasteiger partial charge in [0, 0.05) is 12.8 Å². The molecule has 3 atom stereocenters. The lowest BCUT2D eigenvalue weighted by molar-refractivity contribution is -0.870. The summed E-state index contributed by atoms with van der Waals surface area (Å²) < 4.78 is 30.7. The molecule has 0 heterocycles. The summed E-state index contributed by atoms with van der Waals surface area (Å²) in [6, 6.07) is -0.856. The third-order valence-electron chi connectivity index (χ3n) is 13.4. The maximum absolute atomic E-state index is 13.5. The Morgan fingerprint density at radius 3 is 1.30 bits per heavy atom. The van der Waals surface area contributed by atoms with Gasteiger partial charge in [0.05, 0.1) is 33.8 Å². The SMILES string of the molecule is CC/C=C\C/C=C\C/C=C\C/C=C\C/C=C\CCCCCCCC(=O)OC(/C=C/CCCCCCCCCCCC)C(COP(=O)(O)OCC[N+](C)(C)C)NC(=O)CCCCCCCCCCCCCCCCC. The molecule has 0 saturated carbocycles. The number of amides is 1. The molecule has 0 aromatic carbocycles. The minimum atomic E-state index is -4.45. The van der Waals surface area contributed by atoms with Crippen LogP contribution in [0.5, 0.6) is 0 Å². The Bertz CT molecular complexity index is 1500. The van der Waals surface area contributed by atoms with E-state index in [1.54, 1.807) is 0 Å². The zero-order valence-corrected chi connectivity index (χ0v) is 50.0. The summed E-state index contributed by atoms with van der Waals surface area (Å²) in [5.74, 6) is -0.522. The van der Waals surface area contributed by atoms with Gasteiger partial charge in [-0.2, -0.15) is 0 Å². The molecule has 430 valence electrons. The van der Waals surface area contributed by atoms with Gasteiger partial charge in [-0.15, -0.1) is 0 Å². The highest BCUT2D eigenvalue weighted by Gasteiger charge is 2.30. The monoisotopic (exact) mass is 1060 g/mol. The summed E-state index contributed by atoms with van der Waals surface area (Å²) >= 11 is 0. The number of hydrogen-bond donors (Lipinski definition) is 2. The van der Waals surface area contributed by atoms with E-state index < -0.39 is 20.0 Å². The van der Waals surface area contributed by atoms with E-state index in [1.807, 2.05) is 33.3 Å².